The van der Waals surface area contributed by atoms with Gasteiger partial charge in [0.2, 0.25) is 5.91 Å². The Morgan fingerprint density at radius 2 is 2.05 bits per heavy atom. The van der Waals surface area contributed by atoms with E-state index in [1.807, 2.05) is 18.2 Å². The number of hydrogen-bond acceptors (Lipinski definition) is 3. The first-order valence-corrected chi connectivity index (χ1v) is 7.00. The summed E-state index contributed by atoms with van der Waals surface area (Å²) in [7, 11) is 0. The highest BCUT2D eigenvalue weighted by atomic mass is 35.5. The van der Waals surface area contributed by atoms with Gasteiger partial charge in [0.25, 0.3) is 0 Å². The molecule has 1 aromatic rings. The standard InChI is InChI=1S/C14H20ClN3O/c1-12(19)16-5-6-17-7-9-18(10-8-17)14-4-2-3-13(15)11-14/h2-4,11H,5-10H2,1H3,(H,16,19). The molecule has 0 aliphatic carbocycles. The van der Waals surface area contributed by atoms with Gasteiger partial charge in [-0.05, 0) is 18.2 Å². The molecular formula is C14H20ClN3O. The molecule has 0 unspecified atom stereocenters. The molecule has 0 bridgehead atoms. The number of nitrogens with one attached hydrogen (secondary N) is 1. The number of halogens is 1. The van der Waals surface area contributed by atoms with Crippen LogP contribution in [0.4, 0.5) is 5.69 Å². The van der Waals surface area contributed by atoms with Crippen LogP contribution < -0.4 is 10.2 Å². The second kappa shape index (κ2) is 6.78. The van der Waals surface area contributed by atoms with Crippen LogP contribution in [0.5, 0.6) is 0 Å². The summed E-state index contributed by atoms with van der Waals surface area (Å²) >= 11 is 6.01. The summed E-state index contributed by atoms with van der Waals surface area (Å²) in [6.45, 7) is 7.24. The minimum absolute atomic E-state index is 0.0394. The Kier molecular flexibility index (Phi) is 5.05. The Bertz CT molecular complexity index is 430. The minimum Gasteiger partial charge on any atom is -0.369 e. The van der Waals surface area contributed by atoms with Crippen molar-refractivity contribution in [3.63, 3.8) is 0 Å². The maximum atomic E-state index is 10.8. The Labute approximate surface area is 119 Å². The summed E-state index contributed by atoms with van der Waals surface area (Å²) in [5, 5.41) is 3.61. The van der Waals surface area contributed by atoms with E-state index in [0.717, 1.165) is 44.3 Å². The van der Waals surface area contributed by atoms with Gasteiger partial charge in [-0.15, -0.1) is 0 Å². The maximum Gasteiger partial charge on any atom is 0.216 e. The summed E-state index contributed by atoms with van der Waals surface area (Å²) in [6.07, 6.45) is 0. The van der Waals surface area contributed by atoms with Crippen LogP contribution in [0.2, 0.25) is 5.02 Å². The molecule has 0 aromatic heterocycles. The van der Waals surface area contributed by atoms with Crippen LogP contribution in [-0.4, -0.2) is 50.1 Å². The molecule has 0 spiro atoms. The van der Waals surface area contributed by atoms with E-state index >= 15 is 0 Å². The predicted molar refractivity (Wildman–Crippen MR) is 78.8 cm³/mol. The van der Waals surface area contributed by atoms with Gasteiger partial charge in [0.15, 0.2) is 0 Å². The van der Waals surface area contributed by atoms with Crippen molar-refractivity contribution in [1.82, 2.24) is 10.2 Å². The maximum absolute atomic E-state index is 10.8. The van der Waals surface area contributed by atoms with Crippen molar-refractivity contribution in [3.05, 3.63) is 29.3 Å². The smallest absolute Gasteiger partial charge is 0.216 e. The van der Waals surface area contributed by atoms with Gasteiger partial charge in [0.05, 0.1) is 0 Å². The fourth-order valence-corrected chi connectivity index (χ4v) is 2.48. The van der Waals surface area contributed by atoms with Crippen LogP contribution in [0, 0.1) is 0 Å². The van der Waals surface area contributed by atoms with Crippen LogP contribution in [0.25, 0.3) is 0 Å². The largest absolute Gasteiger partial charge is 0.369 e. The van der Waals surface area contributed by atoms with E-state index in [1.54, 1.807) is 6.92 Å². The third kappa shape index (κ3) is 4.40. The van der Waals surface area contributed by atoms with E-state index in [0.29, 0.717) is 0 Å². The zero-order valence-corrected chi connectivity index (χ0v) is 12.0. The van der Waals surface area contributed by atoms with Gasteiger partial charge >= 0.3 is 0 Å². The van der Waals surface area contributed by atoms with Gasteiger partial charge in [-0.25, -0.2) is 0 Å². The molecule has 1 fully saturated rings. The molecule has 5 heteroatoms. The Balaban J connectivity index is 1.77. The fourth-order valence-electron chi connectivity index (χ4n) is 2.29. The summed E-state index contributed by atoms with van der Waals surface area (Å²) in [6, 6.07) is 7.99. The van der Waals surface area contributed by atoms with Crippen LogP contribution in [-0.2, 0) is 4.79 Å². The van der Waals surface area contributed by atoms with Gasteiger partial charge in [0.1, 0.15) is 0 Å². The first-order valence-electron chi connectivity index (χ1n) is 6.62. The Morgan fingerprint density at radius 1 is 1.32 bits per heavy atom. The number of hydrogen-bond donors (Lipinski definition) is 1. The lowest BCUT2D eigenvalue weighted by atomic mass is 10.2. The average molecular weight is 282 g/mol. The average Bonchev–Trinajstić information content (AvgIpc) is 2.39. The van der Waals surface area contributed by atoms with E-state index in [9.17, 15) is 4.79 Å². The first kappa shape index (κ1) is 14.2. The lowest BCUT2D eigenvalue weighted by molar-refractivity contribution is -0.119. The molecule has 1 N–H and O–H groups in total. The van der Waals surface area contributed by atoms with E-state index in [2.05, 4.69) is 21.2 Å². The minimum atomic E-state index is 0.0394. The molecule has 0 saturated carbocycles. The molecule has 1 aromatic carbocycles. The summed E-state index contributed by atoms with van der Waals surface area (Å²) < 4.78 is 0. The number of carbonyl (C=O) groups is 1. The molecule has 1 heterocycles. The number of amides is 1. The summed E-state index contributed by atoms with van der Waals surface area (Å²) in [4.78, 5) is 15.5. The molecule has 104 valence electrons. The number of carbonyl (C=O) groups excluding carboxylic acids is 1. The fraction of sp³-hybridized carbons (Fsp3) is 0.500. The molecular weight excluding hydrogens is 262 g/mol. The molecule has 0 atom stereocenters. The molecule has 4 nitrogen and oxygen atoms in total. The van der Waals surface area contributed by atoms with Crippen molar-refractivity contribution < 1.29 is 4.79 Å². The SMILES string of the molecule is CC(=O)NCCN1CCN(c2cccc(Cl)c2)CC1. The zero-order chi connectivity index (χ0) is 13.7. The molecule has 1 aliphatic heterocycles. The second-order valence-electron chi connectivity index (χ2n) is 4.79. The molecule has 19 heavy (non-hydrogen) atoms. The van der Waals surface area contributed by atoms with Gasteiger partial charge in [-0.1, -0.05) is 17.7 Å². The van der Waals surface area contributed by atoms with Gasteiger partial charge in [-0.3, -0.25) is 9.69 Å². The number of benzene rings is 1. The highest BCUT2D eigenvalue weighted by Crippen LogP contribution is 2.20. The topological polar surface area (TPSA) is 35.6 Å². The molecule has 1 amide bonds. The zero-order valence-electron chi connectivity index (χ0n) is 11.2. The van der Waals surface area contributed by atoms with E-state index in [4.69, 9.17) is 11.6 Å². The monoisotopic (exact) mass is 281 g/mol. The highest BCUT2D eigenvalue weighted by molar-refractivity contribution is 6.30. The quantitative estimate of drug-likeness (QED) is 0.911. The molecule has 0 radical (unpaired) electrons. The van der Waals surface area contributed by atoms with Gasteiger partial charge in [-0.2, -0.15) is 0 Å². The van der Waals surface area contributed by atoms with Crippen LogP contribution in [0.3, 0.4) is 0 Å². The molecule has 2 rings (SSSR count). The lowest BCUT2D eigenvalue weighted by Crippen LogP contribution is -2.48. The van der Waals surface area contributed by atoms with Crippen molar-refractivity contribution in [3.8, 4) is 0 Å². The van der Waals surface area contributed by atoms with Crippen molar-refractivity contribution in [2.45, 2.75) is 6.92 Å². The third-order valence-electron chi connectivity index (χ3n) is 3.35. The summed E-state index contributed by atoms with van der Waals surface area (Å²) in [5.41, 5.74) is 1.19. The van der Waals surface area contributed by atoms with Crippen LogP contribution in [0.1, 0.15) is 6.92 Å². The van der Waals surface area contributed by atoms with Gasteiger partial charge in [0, 0.05) is 56.9 Å². The van der Waals surface area contributed by atoms with E-state index < -0.39 is 0 Å². The molecule has 1 aliphatic rings. The van der Waals surface area contributed by atoms with E-state index in [-0.39, 0.29) is 5.91 Å². The number of anilines is 1. The van der Waals surface area contributed by atoms with Crippen molar-refractivity contribution in [2.24, 2.45) is 0 Å². The van der Waals surface area contributed by atoms with Crippen LogP contribution >= 0.6 is 11.6 Å². The highest BCUT2D eigenvalue weighted by Gasteiger charge is 2.16. The summed E-state index contributed by atoms with van der Waals surface area (Å²) in [5.74, 6) is 0.0394. The normalized spacial score (nSPS) is 16.4. The second-order valence-corrected chi connectivity index (χ2v) is 5.23. The van der Waals surface area contributed by atoms with Crippen molar-refractivity contribution >= 4 is 23.2 Å². The number of nitrogens with zero attached hydrogens (tertiary/aromatic N) is 2. The number of rotatable bonds is 4. The third-order valence-corrected chi connectivity index (χ3v) is 3.58. The van der Waals surface area contributed by atoms with Gasteiger partial charge < -0.3 is 10.2 Å². The van der Waals surface area contributed by atoms with Crippen LogP contribution in [0.15, 0.2) is 24.3 Å². The van der Waals surface area contributed by atoms with Crippen molar-refractivity contribution in [2.75, 3.05) is 44.2 Å². The van der Waals surface area contributed by atoms with Crippen molar-refractivity contribution in [1.29, 1.82) is 0 Å². The Hall–Kier alpha value is -1.26. The number of piperazine rings is 1. The van der Waals surface area contributed by atoms with E-state index in [1.165, 1.54) is 5.69 Å². The Morgan fingerprint density at radius 3 is 2.68 bits per heavy atom. The molecule has 1 saturated heterocycles. The lowest BCUT2D eigenvalue weighted by Gasteiger charge is -2.36. The first-order chi connectivity index (χ1) is 9.15. The predicted octanol–water partition coefficient (Wildman–Crippen LogP) is 1.60.